The lowest BCUT2D eigenvalue weighted by Crippen LogP contribution is -2.38. The lowest BCUT2D eigenvalue weighted by Gasteiger charge is -2.30. The van der Waals surface area contributed by atoms with Gasteiger partial charge in [0.05, 0.1) is 17.9 Å². The van der Waals surface area contributed by atoms with E-state index in [4.69, 9.17) is 4.74 Å². The van der Waals surface area contributed by atoms with Gasteiger partial charge in [0.15, 0.2) is 18.2 Å². The van der Waals surface area contributed by atoms with Crippen molar-refractivity contribution < 1.29 is 13.9 Å². The minimum Gasteiger partial charge on any atom is -0.478 e. The van der Waals surface area contributed by atoms with Crippen LogP contribution >= 0.6 is 15.9 Å². The number of nitrogens with zero attached hydrogens (tertiary/aromatic N) is 3. The highest BCUT2D eigenvalue weighted by atomic mass is 79.9. The largest absolute Gasteiger partial charge is 0.478 e. The summed E-state index contributed by atoms with van der Waals surface area (Å²) in [5.41, 5.74) is 3.24. The number of benzene rings is 1. The summed E-state index contributed by atoms with van der Waals surface area (Å²) in [4.78, 5) is 13.8. The monoisotopic (exact) mass is 367 g/mol. The maximum atomic E-state index is 14.0. The third-order valence-corrected chi connectivity index (χ3v) is 4.35. The van der Waals surface area contributed by atoms with Gasteiger partial charge in [-0.2, -0.15) is 5.10 Å². The molecule has 116 valence electrons. The summed E-state index contributed by atoms with van der Waals surface area (Å²) in [5, 5.41) is 4.36. The van der Waals surface area contributed by atoms with Gasteiger partial charge in [-0.1, -0.05) is 15.9 Å². The van der Waals surface area contributed by atoms with Crippen LogP contribution in [0.3, 0.4) is 0 Å². The first-order valence-electron chi connectivity index (χ1n) is 6.79. The molecule has 0 bridgehead atoms. The zero-order chi connectivity index (χ0) is 16.0. The molecule has 2 aromatic rings. The van der Waals surface area contributed by atoms with E-state index in [0.717, 1.165) is 17.0 Å². The van der Waals surface area contributed by atoms with E-state index in [2.05, 4.69) is 21.0 Å². The summed E-state index contributed by atoms with van der Waals surface area (Å²) in [5.74, 6) is -0.573. The van der Waals surface area contributed by atoms with E-state index in [1.165, 1.54) is 6.07 Å². The summed E-state index contributed by atoms with van der Waals surface area (Å²) in [6.07, 6.45) is 0. The van der Waals surface area contributed by atoms with Gasteiger partial charge in [-0.15, -0.1) is 0 Å². The predicted molar refractivity (Wildman–Crippen MR) is 83.5 cm³/mol. The fourth-order valence-corrected chi connectivity index (χ4v) is 3.03. The average Bonchev–Trinajstić information content (AvgIpc) is 2.67. The van der Waals surface area contributed by atoms with Crippen molar-refractivity contribution in [1.82, 2.24) is 9.78 Å². The molecule has 0 spiro atoms. The van der Waals surface area contributed by atoms with E-state index in [1.807, 2.05) is 20.9 Å². The van der Waals surface area contributed by atoms with Gasteiger partial charge in [-0.3, -0.25) is 9.48 Å². The van der Waals surface area contributed by atoms with Crippen molar-refractivity contribution in [3.63, 3.8) is 0 Å². The molecule has 0 radical (unpaired) electrons. The summed E-state index contributed by atoms with van der Waals surface area (Å²) >= 11 is 3.26. The molecule has 3 rings (SSSR count). The van der Waals surface area contributed by atoms with Gasteiger partial charge < -0.3 is 9.64 Å². The van der Waals surface area contributed by atoms with Crippen LogP contribution in [0.4, 0.5) is 10.1 Å². The number of carbonyl (C=O) groups is 1. The molecule has 0 atom stereocenters. The van der Waals surface area contributed by atoms with Crippen molar-refractivity contribution in [2.45, 2.75) is 20.4 Å². The van der Waals surface area contributed by atoms with E-state index in [1.54, 1.807) is 15.6 Å². The highest BCUT2D eigenvalue weighted by Crippen LogP contribution is 2.38. The quantitative estimate of drug-likeness (QED) is 0.819. The maximum absolute atomic E-state index is 14.0. The van der Waals surface area contributed by atoms with Crippen LogP contribution in [-0.4, -0.2) is 22.3 Å². The van der Waals surface area contributed by atoms with Gasteiger partial charge in [0.25, 0.3) is 5.91 Å². The molecule has 2 heterocycles. The van der Waals surface area contributed by atoms with Crippen LogP contribution < -0.4 is 9.64 Å². The number of amides is 1. The Kier molecular flexibility index (Phi) is 3.68. The molecule has 7 heteroatoms. The van der Waals surface area contributed by atoms with Crippen LogP contribution in [-0.2, 0) is 18.4 Å². The predicted octanol–water partition coefficient (Wildman–Crippen LogP) is 2.86. The van der Waals surface area contributed by atoms with Crippen molar-refractivity contribution in [2.24, 2.45) is 7.05 Å². The molecule has 1 aromatic carbocycles. The summed E-state index contributed by atoms with van der Waals surface area (Å²) in [7, 11) is 1.86. The number of hydrogen-bond donors (Lipinski definition) is 0. The Labute approximate surface area is 135 Å². The molecule has 1 amide bonds. The highest BCUT2D eigenvalue weighted by Gasteiger charge is 2.29. The van der Waals surface area contributed by atoms with E-state index < -0.39 is 5.82 Å². The molecule has 0 N–H and O–H groups in total. The van der Waals surface area contributed by atoms with Crippen molar-refractivity contribution in [3.05, 3.63) is 39.4 Å². The molecule has 1 aliphatic heterocycles. The van der Waals surface area contributed by atoms with Crippen LogP contribution in [0.5, 0.6) is 5.75 Å². The Hall–Kier alpha value is -1.89. The molecule has 0 aliphatic carbocycles. The summed E-state index contributed by atoms with van der Waals surface area (Å²) in [6.45, 7) is 4.03. The summed E-state index contributed by atoms with van der Waals surface area (Å²) < 4.78 is 21.6. The number of fused-ring (bicyclic) bond motifs is 1. The number of anilines is 1. The van der Waals surface area contributed by atoms with Gasteiger partial charge >= 0.3 is 0 Å². The van der Waals surface area contributed by atoms with Crippen molar-refractivity contribution >= 4 is 27.5 Å². The molecule has 0 unspecified atom stereocenters. The first kappa shape index (κ1) is 15.0. The minimum absolute atomic E-state index is 0.113. The van der Waals surface area contributed by atoms with Gasteiger partial charge in [0.2, 0.25) is 0 Å². The number of carbonyl (C=O) groups excluding carboxylic acids is 1. The van der Waals surface area contributed by atoms with Crippen molar-refractivity contribution in [2.75, 3.05) is 11.5 Å². The Balaban J connectivity index is 2.06. The smallest absolute Gasteiger partial charge is 0.265 e. The van der Waals surface area contributed by atoms with Crippen molar-refractivity contribution in [1.29, 1.82) is 0 Å². The first-order chi connectivity index (χ1) is 10.4. The third-order valence-electron chi connectivity index (χ3n) is 3.90. The van der Waals surface area contributed by atoms with Crippen molar-refractivity contribution in [3.8, 4) is 5.75 Å². The zero-order valence-electron chi connectivity index (χ0n) is 12.5. The molecule has 1 aromatic heterocycles. The molecule has 0 saturated carbocycles. The average molecular weight is 368 g/mol. The van der Waals surface area contributed by atoms with Crippen LogP contribution in [0.25, 0.3) is 0 Å². The van der Waals surface area contributed by atoms with E-state index in [-0.39, 0.29) is 18.3 Å². The second kappa shape index (κ2) is 5.39. The first-order valence-corrected chi connectivity index (χ1v) is 7.59. The number of halogens is 2. The Bertz CT molecular complexity index is 773. The topological polar surface area (TPSA) is 47.4 Å². The molecule has 22 heavy (non-hydrogen) atoms. The normalized spacial score (nSPS) is 14.0. The Morgan fingerprint density at radius 3 is 2.77 bits per heavy atom. The molecule has 0 fully saturated rings. The number of rotatable bonds is 2. The SMILES string of the molecule is Cc1nn(C)c(C)c1CN1C(=O)COc2c(F)cc(Br)cc21. The molecule has 1 aliphatic rings. The van der Waals surface area contributed by atoms with Crippen LogP contribution in [0.15, 0.2) is 16.6 Å². The van der Waals surface area contributed by atoms with Gasteiger partial charge in [0, 0.05) is 22.8 Å². The van der Waals surface area contributed by atoms with E-state index in [0.29, 0.717) is 16.7 Å². The number of aromatic nitrogens is 2. The number of aryl methyl sites for hydroxylation is 2. The number of ether oxygens (including phenoxy) is 1. The Morgan fingerprint density at radius 1 is 1.41 bits per heavy atom. The molecular weight excluding hydrogens is 353 g/mol. The van der Waals surface area contributed by atoms with Gasteiger partial charge in [0.1, 0.15) is 0 Å². The Morgan fingerprint density at radius 2 is 2.14 bits per heavy atom. The second-order valence-corrected chi connectivity index (χ2v) is 6.19. The highest BCUT2D eigenvalue weighted by molar-refractivity contribution is 9.10. The van der Waals surface area contributed by atoms with Gasteiger partial charge in [-0.05, 0) is 26.0 Å². The third kappa shape index (κ3) is 2.39. The molecule has 5 nitrogen and oxygen atoms in total. The number of hydrogen-bond acceptors (Lipinski definition) is 3. The van der Waals surface area contributed by atoms with E-state index in [9.17, 15) is 9.18 Å². The van der Waals surface area contributed by atoms with E-state index >= 15 is 0 Å². The lowest BCUT2D eigenvalue weighted by molar-refractivity contribution is -0.121. The maximum Gasteiger partial charge on any atom is 0.265 e. The van der Waals surface area contributed by atoms with Crippen LogP contribution in [0.2, 0.25) is 0 Å². The zero-order valence-corrected chi connectivity index (χ0v) is 14.1. The fourth-order valence-electron chi connectivity index (χ4n) is 2.61. The second-order valence-electron chi connectivity index (χ2n) is 5.28. The summed E-state index contributed by atoms with van der Waals surface area (Å²) in [6, 6.07) is 3.02. The lowest BCUT2D eigenvalue weighted by atomic mass is 10.1. The standard InChI is InChI=1S/C15H15BrFN3O2/c1-8-11(9(2)19(3)18-8)6-20-13-5-10(16)4-12(17)15(13)22-7-14(20)21/h4-5H,6-7H2,1-3H3. The van der Waals surface area contributed by atoms with Crippen LogP contribution in [0.1, 0.15) is 17.0 Å². The molecular formula is C15H15BrFN3O2. The van der Waals surface area contributed by atoms with Crippen LogP contribution in [0, 0.1) is 19.7 Å². The van der Waals surface area contributed by atoms with Gasteiger partial charge in [-0.25, -0.2) is 4.39 Å². The minimum atomic E-state index is -0.485. The molecule has 0 saturated heterocycles. The fraction of sp³-hybridized carbons (Fsp3) is 0.333.